The van der Waals surface area contributed by atoms with Gasteiger partial charge in [-0.05, 0) is 28.3 Å². The molecule has 1 atom stereocenters. The molecule has 0 aliphatic heterocycles. The van der Waals surface area contributed by atoms with Crippen LogP contribution in [0.1, 0.15) is 28.8 Å². The molecule has 0 unspecified atom stereocenters. The van der Waals surface area contributed by atoms with Gasteiger partial charge in [0.2, 0.25) is 0 Å². The molecular formula is C22H21NO3. The summed E-state index contributed by atoms with van der Waals surface area (Å²) < 4.78 is 5.19. The van der Waals surface area contributed by atoms with Gasteiger partial charge in [-0.1, -0.05) is 73.7 Å². The first kappa shape index (κ1) is 17.7. The molecule has 0 aliphatic carbocycles. The molecule has 0 saturated heterocycles. The van der Waals surface area contributed by atoms with E-state index in [4.69, 9.17) is 4.74 Å². The number of amides is 1. The van der Waals surface area contributed by atoms with Crippen LogP contribution in [0, 0.1) is 0 Å². The highest BCUT2D eigenvalue weighted by atomic mass is 16.5. The number of esters is 1. The van der Waals surface area contributed by atoms with Crippen molar-refractivity contribution >= 4 is 22.6 Å². The quantitative estimate of drug-likeness (QED) is 0.688. The van der Waals surface area contributed by atoms with Gasteiger partial charge in [0.05, 0.1) is 5.56 Å². The zero-order chi connectivity index (χ0) is 18.4. The van der Waals surface area contributed by atoms with Crippen LogP contribution in [0.3, 0.4) is 0 Å². The summed E-state index contributed by atoms with van der Waals surface area (Å²) in [6.07, 6.45) is 0. The lowest BCUT2D eigenvalue weighted by atomic mass is 10.0. The fraction of sp³-hybridized carbons (Fsp3) is 0.182. The van der Waals surface area contributed by atoms with Crippen molar-refractivity contribution < 1.29 is 14.3 Å². The van der Waals surface area contributed by atoms with Gasteiger partial charge < -0.3 is 10.1 Å². The Hall–Kier alpha value is -3.14. The second-order valence-corrected chi connectivity index (χ2v) is 6.22. The van der Waals surface area contributed by atoms with Crippen LogP contribution in [-0.2, 0) is 9.53 Å². The topological polar surface area (TPSA) is 55.4 Å². The van der Waals surface area contributed by atoms with Crippen molar-refractivity contribution in [1.82, 2.24) is 5.32 Å². The average Bonchev–Trinajstić information content (AvgIpc) is 2.70. The number of fused-ring (bicyclic) bond motifs is 1. The van der Waals surface area contributed by atoms with Crippen LogP contribution in [0.4, 0.5) is 0 Å². The summed E-state index contributed by atoms with van der Waals surface area (Å²) in [5, 5.41) is 4.59. The zero-order valence-corrected chi connectivity index (χ0v) is 14.6. The highest BCUT2D eigenvalue weighted by Gasteiger charge is 2.14. The van der Waals surface area contributed by atoms with Crippen LogP contribution in [-0.4, -0.2) is 25.0 Å². The third-order valence-corrected chi connectivity index (χ3v) is 4.32. The Bertz CT molecular complexity index is 900. The molecule has 3 aromatic rings. The Balaban J connectivity index is 1.53. The van der Waals surface area contributed by atoms with Crippen LogP contribution >= 0.6 is 0 Å². The van der Waals surface area contributed by atoms with Gasteiger partial charge in [0.1, 0.15) is 0 Å². The monoisotopic (exact) mass is 347 g/mol. The molecule has 0 fully saturated rings. The summed E-state index contributed by atoms with van der Waals surface area (Å²) in [5.74, 6) is -0.608. The maximum absolute atomic E-state index is 12.3. The van der Waals surface area contributed by atoms with Gasteiger partial charge in [-0.2, -0.15) is 0 Å². The van der Waals surface area contributed by atoms with E-state index in [2.05, 4.69) is 5.32 Å². The lowest BCUT2D eigenvalue weighted by molar-refractivity contribution is -0.124. The number of ether oxygens (including phenoxy) is 1. The molecule has 4 heteroatoms. The van der Waals surface area contributed by atoms with Crippen molar-refractivity contribution in [2.75, 3.05) is 13.2 Å². The first-order valence-corrected chi connectivity index (χ1v) is 8.61. The van der Waals surface area contributed by atoms with E-state index >= 15 is 0 Å². The van der Waals surface area contributed by atoms with Crippen molar-refractivity contribution in [2.24, 2.45) is 0 Å². The normalized spacial score (nSPS) is 11.7. The minimum absolute atomic E-state index is 0.189. The molecule has 0 aliphatic rings. The SMILES string of the molecule is C[C@H](CNC(=O)COC(=O)c1cccc2ccccc12)c1ccccc1. The Labute approximate surface area is 152 Å². The summed E-state index contributed by atoms with van der Waals surface area (Å²) in [6, 6.07) is 23.0. The van der Waals surface area contributed by atoms with E-state index in [1.54, 1.807) is 12.1 Å². The van der Waals surface area contributed by atoms with E-state index in [0.29, 0.717) is 12.1 Å². The Kier molecular flexibility index (Phi) is 5.64. The smallest absolute Gasteiger partial charge is 0.339 e. The highest BCUT2D eigenvalue weighted by Crippen LogP contribution is 2.19. The second-order valence-electron chi connectivity index (χ2n) is 6.22. The molecule has 0 radical (unpaired) electrons. The highest BCUT2D eigenvalue weighted by molar-refractivity contribution is 6.04. The van der Waals surface area contributed by atoms with Gasteiger partial charge in [-0.25, -0.2) is 4.79 Å². The number of nitrogens with one attached hydrogen (secondary N) is 1. The number of benzene rings is 3. The number of carbonyl (C=O) groups excluding carboxylic acids is 2. The first-order valence-electron chi connectivity index (χ1n) is 8.61. The third kappa shape index (κ3) is 4.28. The lowest BCUT2D eigenvalue weighted by Gasteiger charge is -2.13. The summed E-state index contributed by atoms with van der Waals surface area (Å²) in [7, 11) is 0. The molecule has 132 valence electrons. The van der Waals surface area contributed by atoms with E-state index < -0.39 is 5.97 Å². The van der Waals surface area contributed by atoms with Crippen molar-refractivity contribution in [1.29, 1.82) is 0 Å². The largest absolute Gasteiger partial charge is 0.452 e. The molecule has 3 aromatic carbocycles. The van der Waals surface area contributed by atoms with Gasteiger partial charge in [-0.15, -0.1) is 0 Å². The van der Waals surface area contributed by atoms with E-state index in [-0.39, 0.29) is 18.4 Å². The Morgan fingerprint density at radius 2 is 1.62 bits per heavy atom. The number of carbonyl (C=O) groups is 2. The maximum Gasteiger partial charge on any atom is 0.339 e. The second kappa shape index (κ2) is 8.30. The third-order valence-electron chi connectivity index (χ3n) is 4.32. The Morgan fingerprint density at radius 1 is 0.923 bits per heavy atom. The summed E-state index contributed by atoms with van der Waals surface area (Å²) in [5.41, 5.74) is 1.62. The number of hydrogen-bond donors (Lipinski definition) is 1. The molecule has 0 heterocycles. The average molecular weight is 347 g/mol. The Morgan fingerprint density at radius 3 is 2.42 bits per heavy atom. The fourth-order valence-corrected chi connectivity index (χ4v) is 2.83. The van der Waals surface area contributed by atoms with E-state index in [9.17, 15) is 9.59 Å². The lowest BCUT2D eigenvalue weighted by Crippen LogP contribution is -2.31. The molecule has 1 N–H and O–H groups in total. The van der Waals surface area contributed by atoms with Crippen LogP contribution in [0.25, 0.3) is 10.8 Å². The zero-order valence-electron chi connectivity index (χ0n) is 14.6. The molecule has 0 saturated carbocycles. The van der Waals surface area contributed by atoms with E-state index in [1.165, 1.54) is 0 Å². The molecule has 1 amide bonds. The van der Waals surface area contributed by atoms with Gasteiger partial charge in [-0.3, -0.25) is 4.79 Å². The molecule has 0 spiro atoms. The molecule has 0 bridgehead atoms. The van der Waals surface area contributed by atoms with Gasteiger partial charge in [0, 0.05) is 6.54 Å². The minimum Gasteiger partial charge on any atom is -0.452 e. The number of rotatable bonds is 6. The first-order chi connectivity index (χ1) is 12.6. The van der Waals surface area contributed by atoms with Crippen molar-refractivity contribution in [3.8, 4) is 0 Å². The summed E-state index contributed by atoms with van der Waals surface area (Å²) >= 11 is 0. The summed E-state index contributed by atoms with van der Waals surface area (Å²) in [6.45, 7) is 2.25. The van der Waals surface area contributed by atoms with E-state index in [1.807, 2.05) is 67.6 Å². The van der Waals surface area contributed by atoms with Gasteiger partial charge >= 0.3 is 5.97 Å². The predicted octanol–water partition coefficient (Wildman–Crippen LogP) is 3.92. The predicted molar refractivity (Wildman–Crippen MR) is 102 cm³/mol. The molecule has 4 nitrogen and oxygen atoms in total. The molecule has 0 aromatic heterocycles. The van der Waals surface area contributed by atoms with Gasteiger partial charge in [0.15, 0.2) is 6.61 Å². The van der Waals surface area contributed by atoms with Crippen molar-refractivity contribution in [3.05, 3.63) is 83.9 Å². The van der Waals surface area contributed by atoms with E-state index in [0.717, 1.165) is 16.3 Å². The molecule has 26 heavy (non-hydrogen) atoms. The standard InChI is InChI=1S/C22H21NO3/c1-16(17-8-3-2-4-9-17)14-23-21(24)15-26-22(25)20-13-7-11-18-10-5-6-12-19(18)20/h2-13,16H,14-15H2,1H3,(H,23,24)/t16-/m1/s1. The fourth-order valence-electron chi connectivity index (χ4n) is 2.83. The van der Waals surface area contributed by atoms with Crippen LogP contribution in [0.15, 0.2) is 72.8 Å². The summed E-state index contributed by atoms with van der Waals surface area (Å²) in [4.78, 5) is 24.3. The van der Waals surface area contributed by atoms with Crippen LogP contribution in [0.2, 0.25) is 0 Å². The van der Waals surface area contributed by atoms with Crippen LogP contribution < -0.4 is 5.32 Å². The van der Waals surface area contributed by atoms with Crippen molar-refractivity contribution in [2.45, 2.75) is 12.8 Å². The van der Waals surface area contributed by atoms with Gasteiger partial charge in [0.25, 0.3) is 5.91 Å². The minimum atomic E-state index is -0.493. The van der Waals surface area contributed by atoms with Crippen LogP contribution in [0.5, 0.6) is 0 Å². The molecular weight excluding hydrogens is 326 g/mol. The molecule has 3 rings (SSSR count). The van der Waals surface area contributed by atoms with Crippen molar-refractivity contribution in [3.63, 3.8) is 0 Å². The maximum atomic E-state index is 12.3. The number of hydrogen-bond acceptors (Lipinski definition) is 3.